The number of aliphatic imine (C=N–C) groups is 1. The minimum absolute atomic E-state index is 0.433. The number of hydrogen-bond donors (Lipinski definition) is 2. The van der Waals surface area contributed by atoms with E-state index in [1.807, 2.05) is 0 Å². The highest BCUT2D eigenvalue weighted by Crippen LogP contribution is 2.13. The average molecular weight is 342 g/mol. The maximum absolute atomic E-state index is 6.03. The third-order valence-electron chi connectivity index (χ3n) is 4.79. The summed E-state index contributed by atoms with van der Waals surface area (Å²) < 4.78 is 10.8. The molecule has 0 aromatic carbocycles. The summed E-state index contributed by atoms with van der Waals surface area (Å²) >= 11 is 0. The molecule has 2 heterocycles. The van der Waals surface area contributed by atoms with Gasteiger partial charge in [0.05, 0.1) is 33.0 Å². The second-order valence-electron chi connectivity index (χ2n) is 6.92. The normalized spacial score (nSPS) is 22.7. The van der Waals surface area contributed by atoms with Gasteiger partial charge in [0.15, 0.2) is 5.96 Å². The van der Waals surface area contributed by atoms with Crippen molar-refractivity contribution in [1.29, 1.82) is 0 Å². The smallest absolute Gasteiger partial charge is 0.188 e. The number of rotatable bonds is 8. The monoisotopic (exact) mass is 341 g/mol. The molecule has 140 valence electrons. The van der Waals surface area contributed by atoms with Crippen LogP contribution in [0.25, 0.3) is 0 Å². The van der Waals surface area contributed by atoms with E-state index in [4.69, 9.17) is 15.2 Å². The van der Waals surface area contributed by atoms with Crippen LogP contribution in [0.2, 0.25) is 0 Å². The van der Waals surface area contributed by atoms with E-state index in [9.17, 15) is 0 Å². The lowest BCUT2D eigenvalue weighted by Gasteiger charge is -2.36. The van der Waals surface area contributed by atoms with Crippen molar-refractivity contribution in [2.45, 2.75) is 26.3 Å². The lowest BCUT2D eigenvalue weighted by molar-refractivity contribution is 0.00868. The van der Waals surface area contributed by atoms with Crippen molar-refractivity contribution in [1.82, 2.24) is 15.1 Å². The van der Waals surface area contributed by atoms with Gasteiger partial charge in [-0.1, -0.05) is 13.8 Å². The summed E-state index contributed by atoms with van der Waals surface area (Å²) in [5.41, 5.74) is 6.03. The number of hydrogen-bond acceptors (Lipinski definition) is 5. The molecule has 0 spiro atoms. The minimum atomic E-state index is 0.433. The van der Waals surface area contributed by atoms with E-state index in [1.165, 1.54) is 0 Å². The first-order valence-electron chi connectivity index (χ1n) is 9.32. The molecule has 2 aliphatic heterocycles. The average Bonchev–Trinajstić information content (AvgIpc) is 2.60. The molecule has 0 amide bonds. The molecule has 2 saturated heterocycles. The molecule has 7 heteroatoms. The zero-order chi connectivity index (χ0) is 17.2. The van der Waals surface area contributed by atoms with Crippen LogP contribution in [0.3, 0.4) is 0 Å². The van der Waals surface area contributed by atoms with Gasteiger partial charge in [-0.2, -0.15) is 0 Å². The largest absolute Gasteiger partial charge is 0.379 e. The van der Waals surface area contributed by atoms with Crippen molar-refractivity contribution in [3.8, 4) is 0 Å². The second kappa shape index (κ2) is 10.9. The summed E-state index contributed by atoms with van der Waals surface area (Å²) in [6.45, 7) is 14.6. The molecule has 0 aliphatic carbocycles. The fourth-order valence-electron chi connectivity index (χ4n) is 3.25. The number of morpholine rings is 2. The van der Waals surface area contributed by atoms with Gasteiger partial charge in [0, 0.05) is 38.8 Å². The van der Waals surface area contributed by atoms with Gasteiger partial charge in [0.2, 0.25) is 0 Å². The van der Waals surface area contributed by atoms with Crippen LogP contribution in [-0.2, 0) is 9.47 Å². The van der Waals surface area contributed by atoms with E-state index in [0.717, 1.165) is 78.7 Å². The molecule has 2 aliphatic rings. The third-order valence-corrected chi connectivity index (χ3v) is 4.79. The van der Waals surface area contributed by atoms with Crippen LogP contribution in [0.15, 0.2) is 4.99 Å². The Hall–Kier alpha value is -0.890. The maximum Gasteiger partial charge on any atom is 0.188 e. The van der Waals surface area contributed by atoms with Crippen LogP contribution >= 0.6 is 0 Å². The highest BCUT2D eigenvalue weighted by Gasteiger charge is 2.23. The zero-order valence-corrected chi connectivity index (χ0v) is 15.4. The molecule has 1 atom stereocenters. The number of nitrogens with one attached hydrogen (secondary N) is 1. The van der Waals surface area contributed by atoms with E-state index in [1.54, 1.807) is 0 Å². The second-order valence-corrected chi connectivity index (χ2v) is 6.92. The Labute approximate surface area is 146 Å². The van der Waals surface area contributed by atoms with Crippen LogP contribution < -0.4 is 11.1 Å². The molecule has 2 rings (SSSR count). The number of nitrogens with zero attached hydrogens (tertiary/aromatic N) is 3. The van der Waals surface area contributed by atoms with E-state index in [0.29, 0.717) is 17.9 Å². The Morgan fingerprint density at radius 1 is 1.08 bits per heavy atom. The quantitative estimate of drug-likeness (QED) is 0.367. The molecule has 3 N–H and O–H groups in total. The number of nitrogens with two attached hydrogens (primary N) is 1. The fourth-order valence-corrected chi connectivity index (χ4v) is 3.25. The first-order chi connectivity index (χ1) is 11.7. The van der Waals surface area contributed by atoms with Crippen molar-refractivity contribution in [3.63, 3.8) is 0 Å². The zero-order valence-electron chi connectivity index (χ0n) is 15.4. The summed E-state index contributed by atoms with van der Waals surface area (Å²) in [7, 11) is 0. The topological polar surface area (TPSA) is 75.3 Å². The Morgan fingerprint density at radius 3 is 2.33 bits per heavy atom. The highest BCUT2D eigenvalue weighted by molar-refractivity contribution is 5.77. The van der Waals surface area contributed by atoms with Crippen molar-refractivity contribution in [2.75, 3.05) is 72.2 Å². The molecule has 0 radical (unpaired) electrons. The van der Waals surface area contributed by atoms with Gasteiger partial charge in [-0.05, 0) is 18.9 Å². The van der Waals surface area contributed by atoms with E-state index in [2.05, 4.69) is 34.0 Å². The molecule has 0 saturated carbocycles. The molecular weight excluding hydrogens is 306 g/mol. The maximum atomic E-state index is 6.03. The number of ether oxygens (including phenoxy) is 2. The molecule has 0 aromatic heterocycles. The predicted octanol–water partition coefficient (Wildman–Crippen LogP) is -0.0302. The Bertz CT molecular complexity index is 366. The Balaban J connectivity index is 1.65. The Kier molecular flexibility index (Phi) is 8.80. The summed E-state index contributed by atoms with van der Waals surface area (Å²) in [5.74, 6) is 1.12. The van der Waals surface area contributed by atoms with Crippen molar-refractivity contribution in [3.05, 3.63) is 0 Å². The van der Waals surface area contributed by atoms with Gasteiger partial charge in [0.25, 0.3) is 0 Å². The summed E-state index contributed by atoms with van der Waals surface area (Å²) in [5, 5.41) is 3.25. The molecular formula is C17H35N5O2. The van der Waals surface area contributed by atoms with Crippen LogP contribution in [0.4, 0.5) is 0 Å². The minimum Gasteiger partial charge on any atom is -0.379 e. The predicted molar refractivity (Wildman–Crippen MR) is 97.4 cm³/mol. The lowest BCUT2D eigenvalue weighted by atomic mass is 10.0. The number of guanidine groups is 1. The molecule has 0 aromatic rings. The van der Waals surface area contributed by atoms with E-state index < -0.39 is 0 Å². The Morgan fingerprint density at radius 2 is 1.71 bits per heavy atom. The van der Waals surface area contributed by atoms with Crippen LogP contribution in [0.5, 0.6) is 0 Å². The van der Waals surface area contributed by atoms with E-state index >= 15 is 0 Å². The molecule has 7 nitrogen and oxygen atoms in total. The van der Waals surface area contributed by atoms with Crippen LogP contribution in [0, 0.1) is 5.92 Å². The first kappa shape index (κ1) is 19.4. The van der Waals surface area contributed by atoms with Gasteiger partial charge in [-0.15, -0.1) is 0 Å². The van der Waals surface area contributed by atoms with Crippen molar-refractivity contribution < 1.29 is 9.47 Å². The van der Waals surface area contributed by atoms with Gasteiger partial charge < -0.3 is 20.5 Å². The van der Waals surface area contributed by atoms with Gasteiger partial charge in [-0.3, -0.25) is 14.8 Å². The molecule has 2 fully saturated rings. The van der Waals surface area contributed by atoms with E-state index in [-0.39, 0.29) is 0 Å². The fraction of sp³-hybridized carbons (Fsp3) is 0.941. The van der Waals surface area contributed by atoms with Crippen LogP contribution in [-0.4, -0.2) is 94.0 Å². The van der Waals surface area contributed by atoms with Gasteiger partial charge in [-0.25, -0.2) is 0 Å². The standard InChI is InChI=1S/C17H35N5O2/c1-15(2)16(22-8-12-24-13-9-22)14-20-17(18)19-4-3-5-21-6-10-23-11-7-21/h15-16H,3-14H2,1-2H3,(H3,18,19,20). The molecule has 24 heavy (non-hydrogen) atoms. The van der Waals surface area contributed by atoms with Crippen molar-refractivity contribution in [2.24, 2.45) is 16.6 Å². The van der Waals surface area contributed by atoms with Gasteiger partial charge in [0.1, 0.15) is 0 Å². The van der Waals surface area contributed by atoms with Gasteiger partial charge >= 0.3 is 0 Å². The van der Waals surface area contributed by atoms with Crippen LogP contribution in [0.1, 0.15) is 20.3 Å². The van der Waals surface area contributed by atoms with Crippen molar-refractivity contribution >= 4 is 5.96 Å². The summed E-state index contributed by atoms with van der Waals surface area (Å²) in [4.78, 5) is 9.48. The SMILES string of the molecule is CC(C)C(CN=C(N)NCCCN1CCOCC1)N1CCOCC1. The molecule has 0 bridgehead atoms. The lowest BCUT2D eigenvalue weighted by Crippen LogP contribution is -2.48. The highest BCUT2D eigenvalue weighted by atomic mass is 16.5. The molecule has 1 unspecified atom stereocenters. The third kappa shape index (κ3) is 6.93. The summed E-state index contributed by atoms with van der Waals surface area (Å²) in [6.07, 6.45) is 1.08. The summed E-state index contributed by atoms with van der Waals surface area (Å²) in [6, 6.07) is 0.433. The first-order valence-corrected chi connectivity index (χ1v) is 9.32.